The Bertz CT molecular complexity index is 747. The normalized spacial score (nSPS) is 15.5. The summed E-state index contributed by atoms with van der Waals surface area (Å²) in [6.07, 6.45) is 2.29. The molecule has 5 nitrogen and oxygen atoms in total. The number of para-hydroxylation sites is 2. The summed E-state index contributed by atoms with van der Waals surface area (Å²) in [6.45, 7) is 2.39. The topological polar surface area (TPSA) is 53.6 Å². The van der Waals surface area contributed by atoms with Crippen LogP contribution in [0.5, 0.6) is 5.75 Å². The molecule has 1 atom stereocenters. The molecule has 1 saturated heterocycles. The molecule has 0 bridgehead atoms. The predicted octanol–water partition coefficient (Wildman–Crippen LogP) is 3.79. The van der Waals surface area contributed by atoms with E-state index < -0.39 is 11.8 Å². The Morgan fingerprint density at radius 3 is 2.58 bits per heavy atom. The van der Waals surface area contributed by atoms with Crippen molar-refractivity contribution in [1.29, 1.82) is 0 Å². The fourth-order valence-electron chi connectivity index (χ4n) is 3.35. The Morgan fingerprint density at radius 1 is 1.15 bits per heavy atom. The lowest BCUT2D eigenvalue weighted by Crippen LogP contribution is -2.38. The Balaban J connectivity index is 1.70. The van der Waals surface area contributed by atoms with E-state index in [0.29, 0.717) is 6.54 Å². The van der Waals surface area contributed by atoms with Gasteiger partial charge in [0.2, 0.25) is 0 Å². The summed E-state index contributed by atoms with van der Waals surface area (Å²) in [5.41, 5.74) is 1.21. The summed E-state index contributed by atoms with van der Waals surface area (Å²) in [5.74, 6) is 0.351. The monoisotopic (exact) mass is 357 g/mol. The van der Waals surface area contributed by atoms with Crippen molar-refractivity contribution in [3.05, 3.63) is 59.9 Å². The molecule has 2 N–H and O–H groups in total. The van der Waals surface area contributed by atoms with Gasteiger partial charge < -0.3 is 15.4 Å². The number of ether oxygens (including phenoxy) is 1. The van der Waals surface area contributed by atoms with Gasteiger partial charge in [-0.05, 0) is 44.1 Å². The van der Waals surface area contributed by atoms with Crippen LogP contribution in [-0.4, -0.2) is 37.7 Å². The number of carbonyl (C=O) groups is 1. The van der Waals surface area contributed by atoms with E-state index in [2.05, 4.69) is 15.5 Å². The Labute approximate surface area is 153 Å². The van der Waals surface area contributed by atoms with Crippen molar-refractivity contribution in [2.45, 2.75) is 18.9 Å². The van der Waals surface area contributed by atoms with Gasteiger partial charge in [0.1, 0.15) is 11.6 Å². The Morgan fingerprint density at radius 2 is 1.85 bits per heavy atom. The second kappa shape index (κ2) is 8.67. The zero-order valence-electron chi connectivity index (χ0n) is 14.9. The minimum atomic E-state index is -0.455. The van der Waals surface area contributed by atoms with Gasteiger partial charge in [-0.3, -0.25) is 4.90 Å². The van der Waals surface area contributed by atoms with Crippen LogP contribution in [0.3, 0.4) is 0 Å². The molecule has 0 spiro atoms. The fraction of sp³-hybridized carbons (Fsp3) is 0.350. The molecule has 0 radical (unpaired) electrons. The first-order chi connectivity index (χ1) is 12.7. The summed E-state index contributed by atoms with van der Waals surface area (Å²) in [6, 6.07) is 13.6. The average Bonchev–Trinajstić information content (AvgIpc) is 3.19. The molecule has 1 aliphatic heterocycles. The van der Waals surface area contributed by atoms with Crippen molar-refractivity contribution in [3.8, 4) is 5.75 Å². The number of urea groups is 1. The van der Waals surface area contributed by atoms with E-state index in [-0.39, 0.29) is 11.7 Å². The third-order valence-corrected chi connectivity index (χ3v) is 4.66. The van der Waals surface area contributed by atoms with Gasteiger partial charge in [-0.1, -0.05) is 30.3 Å². The van der Waals surface area contributed by atoms with Crippen molar-refractivity contribution in [1.82, 2.24) is 10.2 Å². The fourth-order valence-corrected chi connectivity index (χ4v) is 3.35. The van der Waals surface area contributed by atoms with Crippen LogP contribution in [0, 0.1) is 5.82 Å². The molecule has 0 aromatic heterocycles. The number of nitrogens with zero attached hydrogens (tertiary/aromatic N) is 1. The average molecular weight is 357 g/mol. The van der Waals surface area contributed by atoms with Gasteiger partial charge in [0.15, 0.2) is 0 Å². The van der Waals surface area contributed by atoms with Gasteiger partial charge in [0.25, 0.3) is 0 Å². The second-order valence-corrected chi connectivity index (χ2v) is 6.32. The SMILES string of the molecule is COc1ccccc1C(CNC(=O)Nc1ccccc1F)N1CCCC1. The number of methoxy groups -OCH3 is 1. The van der Waals surface area contributed by atoms with E-state index in [1.807, 2.05) is 24.3 Å². The highest BCUT2D eigenvalue weighted by molar-refractivity contribution is 5.89. The van der Waals surface area contributed by atoms with Gasteiger partial charge in [0, 0.05) is 12.1 Å². The summed E-state index contributed by atoms with van der Waals surface area (Å²) < 4.78 is 19.2. The summed E-state index contributed by atoms with van der Waals surface area (Å²) in [7, 11) is 1.65. The zero-order chi connectivity index (χ0) is 18.4. The van der Waals surface area contributed by atoms with Crippen LogP contribution in [0.1, 0.15) is 24.4 Å². The van der Waals surface area contributed by atoms with E-state index in [4.69, 9.17) is 4.74 Å². The van der Waals surface area contributed by atoms with Crippen LogP contribution in [0.2, 0.25) is 0 Å². The summed E-state index contributed by atoms with van der Waals surface area (Å²) >= 11 is 0. The number of likely N-dealkylation sites (tertiary alicyclic amines) is 1. The number of hydrogen-bond donors (Lipinski definition) is 2. The zero-order valence-corrected chi connectivity index (χ0v) is 14.9. The number of nitrogens with one attached hydrogen (secondary N) is 2. The molecule has 0 aliphatic carbocycles. The van der Waals surface area contributed by atoms with E-state index in [0.717, 1.165) is 37.2 Å². The van der Waals surface area contributed by atoms with Crippen LogP contribution < -0.4 is 15.4 Å². The van der Waals surface area contributed by atoms with Crippen LogP contribution in [0.25, 0.3) is 0 Å². The number of amides is 2. The molecule has 26 heavy (non-hydrogen) atoms. The number of hydrogen-bond acceptors (Lipinski definition) is 3. The molecule has 1 fully saturated rings. The van der Waals surface area contributed by atoms with Gasteiger partial charge in [-0.25, -0.2) is 9.18 Å². The minimum absolute atomic E-state index is 0.0139. The molecule has 138 valence electrons. The number of benzene rings is 2. The smallest absolute Gasteiger partial charge is 0.319 e. The lowest BCUT2D eigenvalue weighted by molar-refractivity contribution is 0.224. The number of carbonyl (C=O) groups excluding carboxylic acids is 1. The van der Waals surface area contributed by atoms with E-state index >= 15 is 0 Å². The molecule has 6 heteroatoms. The predicted molar refractivity (Wildman–Crippen MR) is 100.0 cm³/mol. The molecule has 2 aromatic carbocycles. The number of rotatable bonds is 6. The van der Waals surface area contributed by atoms with E-state index in [1.54, 1.807) is 19.2 Å². The number of anilines is 1. The minimum Gasteiger partial charge on any atom is -0.496 e. The standard InChI is InChI=1S/C20H24FN3O2/c1-26-19-11-5-2-8-15(19)18(24-12-6-7-13-24)14-22-20(25)23-17-10-4-3-9-16(17)21/h2-5,8-11,18H,6-7,12-14H2,1H3,(H2,22,23,25). The first kappa shape index (κ1) is 18.2. The van der Waals surface area contributed by atoms with Crippen LogP contribution in [-0.2, 0) is 0 Å². The largest absolute Gasteiger partial charge is 0.496 e. The molecule has 1 heterocycles. The maximum Gasteiger partial charge on any atom is 0.319 e. The molecule has 1 unspecified atom stereocenters. The Hall–Kier alpha value is -2.60. The third-order valence-electron chi connectivity index (χ3n) is 4.66. The maximum atomic E-state index is 13.7. The van der Waals surface area contributed by atoms with Gasteiger partial charge >= 0.3 is 6.03 Å². The van der Waals surface area contributed by atoms with E-state index in [1.165, 1.54) is 12.1 Å². The van der Waals surface area contributed by atoms with Crippen molar-refractivity contribution < 1.29 is 13.9 Å². The lowest BCUT2D eigenvalue weighted by Gasteiger charge is -2.29. The molecule has 3 rings (SSSR count). The lowest BCUT2D eigenvalue weighted by atomic mass is 10.0. The summed E-state index contributed by atoms with van der Waals surface area (Å²) in [5, 5.41) is 5.43. The van der Waals surface area contributed by atoms with E-state index in [9.17, 15) is 9.18 Å². The van der Waals surface area contributed by atoms with Gasteiger partial charge in [-0.2, -0.15) is 0 Å². The summed E-state index contributed by atoms with van der Waals surface area (Å²) in [4.78, 5) is 14.6. The highest BCUT2D eigenvalue weighted by atomic mass is 19.1. The van der Waals surface area contributed by atoms with Crippen LogP contribution in [0.15, 0.2) is 48.5 Å². The first-order valence-corrected chi connectivity index (χ1v) is 8.85. The number of halogens is 1. The second-order valence-electron chi connectivity index (χ2n) is 6.32. The Kier molecular flexibility index (Phi) is 6.07. The highest BCUT2D eigenvalue weighted by Gasteiger charge is 2.26. The molecule has 0 saturated carbocycles. The quantitative estimate of drug-likeness (QED) is 0.827. The van der Waals surface area contributed by atoms with Crippen molar-refractivity contribution in [2.24, 2.45) is 0 Å². The molecule has 2 amide bonds. The van der Waals surface area contributed by atoms with Gasteiger partial charge in [0.05, 0.1) is 18.8 Å². The maximum absolute atomic E-state index is 13.7. The van der Waals surface area contributed by atoms with Gasteiger partial charge in [-0.15, -0.1) is 0 Å². The van der Waals surface area contributed by atoms with Crippen molar-refractivity contribution >= 4 is 11.7 Å². The van der Waals surface area contributed by atoms with Crippen LogP contribution >= 0.6 is 0 Å². The molecule has 2 aromatic rings. The van der Waals surface area contributed by atoms with Crippen LogP contribution in [0.4, 0.5) is 14.9 Å². The van der Waals surface area contributed by atoms with Crippen molar-refractivity contribution in [3.63, 3.8) is 0 Å². The molecular formula is C20H24FN3O2. The first-order valence-electron chi connectivity index (χ1n) is 8.85. The third kappa shape index (κ3) is 4.32. The van der Waals surface area contributed by atoms with Crippen molar-refractivity contribution in [2.75, 3.05) is 32.1 Å². The molecule has 1 aliphatic rings. The molecular weight excluding hydrogens is 333 g/mol. The highest BCUT2D eigenvalue weighted by Crippen LogP contribution is 2.31.